The Morgan fingerprint density at radius 3 is 2.07 bits per heavy atom. The second kappa shape index (κ2) is 9.45. The van der Waals surface area contributed by atoms with Crippen molar-refractivity contribution in [3.05, 3.63) is 59.7 Å². The quantitative estimate of drug-likeness (QED) is 0.737. The van der Waals surface area contributed by atoms with Gasteiger partial charge in [0.25, 0.3) is 0 Å². The van der Waals surface area contributed by atoms with E-state index in [0.29, 0.717) is 12.3 Å². The van der Waals surface area contributed by atoms with E-state index in [2.05, 4.69) is 17.4 Å². The Morgan fingerprint density at radius 1 is 0.963 bits per heavy atom. The molecule has 27 heavy (non-hydrogen) atoms. The first-order valence-corrected chi connectivity index (χ1v) is 9.74. The summed E-state index contributed by atoms with van der Waals surface area (Å²) < 4.78 is 10.5. The molecule has 3 rings (SSSR count). The van der Waals surface area contributed by atoms with Gasteiger partial charge in [-0.15, -0.1) is 0 Å². The van der Waals surface area contributed by atoms with E-state index in [0.717, 1.165) is 29.0 Å². The van der Waals surface area contributed by atoms with Crippen LogP contribution in [0.1, 0.15) is 49.3 Å². The van der Waals surface area contributed by atoms with Gasteiger partial charge < -0.3 is 14.8 Å². The van der Waals surface area contributed by atoms with Gasteiger partial charge >= 0.3 is 0 Å². The molecule has 1 fully saturated rings. The summed E-state index contributed by atoms with van der Waals surface area (Å²) in [6.45, 7) is 0. The predicted octanol–water partition coefficient (Wildman–Crippen LogP) is 4.68. The summed E-state index contributed by atoms with van der Waals surface area (Å²) in [7, 11) is 3.33. The summed E-state index contributed by atoms with van der Waals surface area (Å²) >= 11 is 0. The number of rotatable bonds is 8. The summed E-state index contributed by atoms with van der Waals surface area (Å²) in [5.74, 6) is 2.35. The molecule has 2 aromatic carbocycles. The van der Waals surface area contributed by atoms with E-state index in [9.17, 15) is 4.79 Å². The van der Waals surface area contributed by atoms with Crippen LogP contribution in [0.25, 0.3) is 0 Å². The van der Waals surface area contributed by atoms with Crippen molar-refractivity contribution in [3.8, 4) is 11.5 Å². The number of methoxy groups -OCH3 is 2. The van der Waals surface area contributed by atoms with Crippen molar-refractivity contribution in [2.75, 3.05) is 14.2 Å². The first kappa shape index (κ1) is 19.3. The zero-order valence-electron chi connectivity index (χ0n) is 16.2. The molecule has 1 aliphatic rings. The van der Waals surface area contributed by atoms with E-state index >= 15 is 0 Å². The van der Waals surface area contributed by atoms with Crippen molar-refractivity contribution < 1.29 is 14.3 Å². The Balaban J connectivity index is 1.72. The molecule has 0 saturated heterocycles. The molecule has 1 saturated carbocycles. The van der Waals surface area contributed by atoms with E-state index in [-0.39, 0.29) is 11.9 Å². The average molecular weight is 367 g/mol. The van der Waals surface area contributed by atoms with Gasteiger partial charge in [0, 0.05) is 6.42 Å². The molecular formula is C23H29NO3. The number of hydrogen-bond donors (Lipinski definition) is 1. The molecule has 0 heterocycles. The van der Waals surface area contributed by atoms with Crippen LogP contribution in [0.4, 0.5) is 0 Å². The molecule has 0 radical (unpaired) electrons. The molecule has 0 aromatic heterocycles. The third-order valence-electron chi connectivity index (χ3n) is 5.40. The van der Waals surface area contributed by atoms with Gasteiger partial charge in [-0.05, 0) is 60.6 Å². The number of carbonyl (C=O) groups is 1. The molecule has 1 atom stereocenters. The van der Waals surface area contributed by atoms with Gasteiger partial charge in [-0.2, -0.15) is 0 Å². The van der Waals surface area contributed by atoms with E-state index in [1.165, 1.54) is 25.7 Å². The van der Waals surface area contributed by atoms with Crippen LogP contribution in [0, 0.1) is 5.92 Å². The molecule has 1 N–H and O–H groups in total. The Morgan fingerprint density at radius 2 is 1.52 bits per heavy atom. The van der Waals surface area contributed by atoms with Crippen LogP contribution in [-0.2, 0) is 11.2 Å². The van der Waals surface area contributed by atoms with Crippen molar-refractivity contribution >= 4 is 5.91 Å². The molecule has 144 valence electrons. The standard InChI is InChI=1S/C23H29NO3/c1-26-20-11-7-18(8-12-20)15-22(19-9-13-21(27-2)14-10-19)24-23(25)16-17-5-3-4-6-17/h7-14,17,22H,3-6,15-16H2,1-2H3,(H,24,25)/t22-/m0/s1. The predicted molar refractivity (Wildman–Crippen MR) is 107 cm³/mol. The molecule has 0 aliphatic heterocycles. The van der Waals surface area contributed by atoms with E-state index < -0.39 is 0 Å². The fourth-order valence-electron chi connectivity index (χ4n) is 3.82. The van der Waals surface area contributed by atoms with Gasteiger partial charge in [-0.3, -0.25) is 4.79 Å². The second-order valence-electron chi connectivity index (χ2n) is 7.30. The second-order valence-corrected chi connectivity index (χ2v) is 7.30. The van der Waals surface area contributed by atoms with E-state index in [1.807, 2.05) is 36.4 Å². The first-order chi connectivity index (χ1) is 13.2. The van der Waals surface area contributed by atoms with Gasteiger partial charge in [0.2, 0.25) is 5.91 Å². The SMILES string of the molecule is COc1ccc(C[C@H](NC(=O)CC2CCCC2)c2ccc(OC)cc2)cc1. The minimum atomic E-state index is -0.0572. The maximum Gasteiger partial charge on any atom is 0.220 e. The van der Waals surface area contributed by atoms with Crippen LogP contribution in [0.2, 0.25) is 0 Å². The fourth-order valence-corrected chi connectivity index (χ4v) is 3.82. The number of amides is 1. The van der Waals surface area contributed by atoms with Gasteiger partial charge in [-0.1, -0.05) is 37.1 Å². The van der Waals surface area contributed by atoms with E-state index in [1.54, 1.807) is 14.2 Å². The number of hydrogen-bond acceptors (Lipinski definition) is 3. The topological polar surface area (TPSA) is 47.6 Å². The van der Waals surface area contributed by atoms with Gasteiger partial charge in [0.15, 0.2) is 0 Å². The molecule has 0 bridgehead atoms. The third kappa shape index (κ3) is 5.49. The van der Waals surface area contributed by atoms with Crippen molar-refractivity contribution in [3.63, 3.8) is 0 Å². The monoisotopic (exact) mass is 367 g/mol. The lowest BCUT2D eigenvalue weighted by atomic mass is 9.97. The Labute approximate surface area is 161 Å². The van der Waals surface area contributed by atoms with Crippen LogP contribution >= 0.6 is 0 Å². The highest BCUT2D eigenvalue weighted by atomic mass is 16.5. The lowest BCUT2D eigenvalue weighted by Gasteiger charge is -2.21. The van der Waals surface area contributed by atoms with Crippen LogP contribution in [-0.4, -0.2) is 20.1 Å². The summed E-state index contributed by atoms with van der Waals surface area (Å²) in [5, 5.41) is 3.26. The number of nitrogens with one attached hydrogen (secondary N) is 1. The zero-order valence-corrected chi connectivity index (χ0v) is 16.2. The molecule has 1 aliphatic carbocycles. The third-order valence-corrected chi connectivity index (χ3v) is 5.40. The van der Waals surface area contributed by atoms with Gasteiger partial charge in [0.1, 0.15) is 11.5 Å². The lowest BCUT2D eigenvalue weighted by molar-refractivity contribution is -0.122. The molecule has 0 spiro atoms. The minimum absolute atomic E-state index is 0.0572. The van der Waals surface area contributed by atoms with Gasteiger partial charge in [-0.25, -0.2) is 0 Å². The van der Waals surface area contributed by atoms with Crippen LogP contribution in [0.5, 0.6) is 11.5 Å². The van der Waals surface area contributed by atoms with Crippen molar-refractivity contribution in [1.82, 2.24) is 5.32 Å². The van der Waals surface area contributed by atoms with Crippen LogP contribution < -0.4 is 14.8 Å². The Kier molecular flexibility index (Phi) is 6.74. The summed E-state index contributed by atoms with van der Waals surface area (Å²) in [4.78, 5) is 12.6. The van der Waals surface area contributed by atoms with Crippen molar-refractivity contribution in [2.24, 2.45) is 5.92 Å². The molecule has 2 aromatic rings. The Hall–Kier alpha value is -2.49. The van der Waals surface area contributed by atoms with Crippen molar-refractivity contribution in [1.29, 1.82) is 0 Å². The van der Waals surface area contributed by atoms with E-state index in [4.69, 9.17) is 9.47 Å². The minimum Gasteiger partial charge on any atom is -0.497 e. The maximum atomic E-state index is 12.6. The largest absolute Gasteiger partial charge is 0.497 e. The fraction of sp³-hybridized carbons (Fsp3) is 0.435. The van der Waals surface area contributed by atoms with Gasteiger partial charge in [0.05, 0.1) is 20.3 Å². The highest BCUT2D eigenvalue weighted by Crippen LogP contribution is 2.28. The maximum absolute atomic E-state index is 12.6. The highest BCUT2D eigenvalue weighted by molar-refractivity contribution is 5.76. The summed E-state index contributed by atoms with van der Waals surface area (Å²) in [6.07, 6.45) is 6.25. The zero-order chi connectivity index (χ0) is 19.1. The first-order valence-electron chi connectivity index (χ1n) is 9.74. The summed E-state index contributed by atoms with van der Waals surface area (Å²) in [5.41, 5.74) is 2.25. The van der Waals surface area contributed by atoms with Crippen molar-refractivity contribution in [2.45, 2.75) is 44.6 Å². The smallest absolute Gasteiger partial charge is 0.220 e. The number of ether oxygens (including phenoxy) is 2. The molecule has 4 nitrogen and oxygen atoms in total. The number of carbonyl (C=O) groups excluding carboxylic acids is 1. The molecular weight excluding hydrogens is 338 g/mol. The van der Waals surface area contributed by atoms with Crippen LogP contribution in [0.3, 0.4) is 0 Å². The van der Waals surface area contributed by atoms with Crippen LogP contribution in [0.15, 0.2) is 48.5 Å². The molecule has 1 amide bonds. The Bertz CT molecular complexity index is 718. The lowest BCUT2D eigenvalue weighted by Crippen LogP contribution is -2.31. The average Bonchev–Trinajstić information content (AvgIpc) is 3.21. The molecule has 0 unspecified atom stereocenters. The highest BCUT2D eigenvalue weighted by Gasteiger charge is 2.21. The molecule has 4 heteroatoms. The normalized spacial score (nSPS) is 15.3. The number of benzene rings is 2. The summed E-state index contributed by atoms with van der Waals surface area (Å²) in [6, 6.07) is 15.9.